The highest BCUT2D eigenvalue weighted by molar-refractivity contribution is 7.09. The van der Waals surface area contributed by atoms with Gasteiger partial charge in [0.1, 0.15) is 10.8 Å². The second kappa shape index (κ2) is 7.42. The van der Waals surface area contributed by atoms with Crippen LogP contribution in [0.15, 0.2) is 48.1 Å². The number of thiazole rings is 1. The van der Waals surface area contributed by atoms with Crippen molar-refractivity contribution in [2.45, 2.75) is 6.54 Å². The van der Waals surface area contributed by atoms with Crippen LogP contribution in [-0.4, -0.2) is 23.0 Å². The number of rotatable bonds is 5. The van der Waals surface area contributed by atoms with Gasteiger partial charge in [-0.2, -0.15) is 0 Å². The van der Waals surface area contributed by atoms with Crippen molar-refractivity contribution in [3.63, 3.8) is 0 Å². The third-order valence-electron chi connectivity index (χ3n) is 3.34. The van der Waals surface area contributed by atoms with E-state index in [2.05, 4.69) is 15.3 Å². The van der Waals surface area contributed by atoms with Gasteiger partial charge in [0.2, 0.25) is 0 Å². The van der Waals surface area contributed by atoms with E-state index in [0.29, 0.717) is 22.9 Å². The van der Waals surface area contributed by atoms with Crippen LogP contribution < -0.4 is 10.1 Å². The van der Waals surface area contributed by atoms with E-state index in [1.165, 1.54) is 18.4 Å². The number of ether oxygens (including phenoxy) is 1. The molecule has 0 spiro atoms. The molecule has 0 atom stereocenters. The first-order valence-electron chi connectivity index (χ1n) is 7.14. The SMILES string of the molecule is COc1cc(Cl)ccc1C(=O)NCc1nc(-c2ccncc2)cs1. The minimum atomic E-state index is -0.232. The van der Waals surface area contributed by atoms with Crippen LogP contribution in [0.2, 0.25) is 5.02 Å². The first-order valence-corrected chi connectivity index (χ1v) is 8.39. The van der Waals surface area contributed by atoms with Gasteiger partial charge in [0, 0.05) is 28.4 Å². The molecule has 1 N–H and O–H groups in total. The number of hydrogen-bond donors (Lipinski definition) is 1. The number of aromatic nitrogens is 2. The molecule has 0 saturated carbocycles. The number of hydrogen-bond acceptors (Lipinski definition) is 5. The number of carbonyl (C=O) groups is 1. The Kier molecular flexibility index (Phi) is 5.08. The lowest BCUT2D eigenvalue weighted by molar-refractivity contribution is 0.0948. The first-order chi connectivity index (χ1) is 11.7. The van der Waals surface area contributed by atoms with Crippen LogP contribution in [0.5, 0.6) is 5.75 Å². The van der Waals surface area contributed by atoms with Crippen LogP contribution in [0.3, 0.4) is 0 Å². The van der Waals surface area contributed by atoms with E-state index in [1.54, 1.807) is 30.6 Å². The van der Waals surface area contributed by atoms with Crippen molar-refractivity contribution in [3.8, 4) is 17.0 Å². The maximum absolute atomic E-state index is 12.3. The molecule has 122 valence electrons. The highest BCUT2D eigenvalue weighted by Gasteiger charge is 2.13. The lowest BCUT2D eigenvalue weighted by Gasteiger charge is -2.08. The van der Waals surface area contributed by atoms with E-state index in [0.717, 1.165) is 16.3 Å². The molecule has 0 fully saturated rings. The van der Waals surface area contributed by atoms with Crippen molar-refractivity contribution in [2.75, 3.05) is 7.11 Å². The maximum atomic E-state index is 12.3. The van der Waals surface area contributed by atoms with Crippen LogP contribution in [-0.2, 0) is 6.54 Å². The zero-order valence-corrected chi connectivity index (χ0v) is 14.4. The van der Waals surface area contributed by atoms with Gasteiger partial charge in [0.15, 0.2) is 0 Å². The average molecular weight is 360 g/mol. The summed E-state index contributed by atoms with van der Waals surface area (Å²) in [6, 6.07) is 8.71. The fraction of sp³-hybridized carbons (Fsp3) is 0.118. The molecule has 0 radical (unpaired) electrons. The number of nitrogens with one attached hydrogen (secondary N) is 1. The summed E-state index contributed by atoms with van der Waals surface area (Å²) >= 11 is 7.41. The van der Waals surface area contributed by atoms with Crippen molar-refractivity contribution in [1.29, 1.82) is 0 Å². The lowest BCUT2D eigenvalue weighted by Crippen LogP contribution is -2.23. The third kappa shape index (κ3) is 3.72. The zero-order valence-electron chi connectivity index (χ0n) is 12.8. The second-order valence-corrected chi connectivity index (χ2v) is 6.27. The molecule has 0 bridgehead atoms. The first kappa shape index (κ1) is 16.4. The fourth-order valence-corrected chi connectivity index (χ4v) is 3.06. The number of nitrogens with zero attached hydrogens (tertiary/aromatic N) is 2. The summed E-state index contributed by atoms with van der Waals surface area (Å²) in [6.45, 7) is 0.348. The van der Waals surface area contributed by atoms with Gasteiger partial charge in [-0.1, -0.05) is 11.6 Å². The Balaban J connectivity index is 1.68. The van der Waals surface area contributed by atoms with Gasteiger partial charge in [0.25, 0.3) is 5.91 Å². The zero-order chi connectivity index (χ0) is 16.9. The monoisotopic (exact) mass is 359 g/mol. The van der Waals surface area contributed by atoms with Crippen LogP contribution in [0.4, 0.5) is 0 Å². The van der Waals surface area contributed by atoms with Crippen molar-refractivity contribution >= 4 is 28.8 Å². The molecular formula is C17H14ClN3O2S. The molecule has 1 aromatic carbocycles. The molecule has 24 heavy (non-hydrogen) atoms. The van der Waals surface area contributed by atoms with Crippen LogP contribution in [0.25, 0.3) is 11.3 Å². The Morgan fingerprint density at radius 3 is 2.83 bits per heavy atom. The summed E-state index contributed by atoms with van der Waals surface area (Å²) < 4.78 is 5.20. The highest BCUT2D eigenvalue weighted by Crippen LogP contribution is 2.24. The van der Waals surface area contributed by atoms with Gasteiger partial charge in [-0.25, -0.2) is 4.98 Å². The molecule has 0 saturated heterocycles. The van der Waals surface area contributed by atoms with Crippen molar-refractivity contribution in [2.24, 2.45) is 0 Å². The molecule has 5 nitrogen and oxygen atoms in total. The largest absolute Gasteiger partial charge is 0.496 e. The Morgan fingerprint density at radius 1 is 1.29 bits per heavy atom. The van der Waals surface area contributed by atoms with Gasteiger partial charge < -0.3 is 10.1 Å². The molecule has 1 amide bonds. The van der Waals surface area contributed by atoms with Gasteiger partial charge in [-0.15, -0.1) is 11.3 Å². The summed E-state index contributed by atoms with van der Waals surface area (Å²) in [5.74, 6) is 0.209. The molecule has 7 heteroatoms. The number of methoxy groups -OCH3 is 1. The number of carbonyl (C=O) groups excluding carboxylic acids is 1. The molecule has 0 aliphatic rings. The van der Waals surface area contributed by atoms with Crippen LogP contribution in [0.1, 0.15) is 15.4 Å². The standard InChI is InChI=1S/C17H14ClN3O2S/c1-23-15-8-12(18)2-3-13(15)17(22)20-9-16-21-14(10-24-16)11-4-6-19-7-5-11/h2-8,10H,9H2,1H3,(H,20,22). The van der Waals surface area contributed by atoms with E-state index in [1.807, 2.05) is 17.5 Å². The molecule has 2 aromatic heterocycles. The molecule has 0 aliphatic carbocycles. The van der Waals surface area contributed by atoms with Crippen LogP contribution in [0, 0.1) is 0 Å². The molecular weight excluding hydrogens is 346 g/mol. The molecule has 2 heterocycles. The molecule has 3 rings (SSSR count). The maximum Gasteiger partial charge on any atom is 0.255 e. The minimum absolute atomic E-state index is 0.232. The van der Waals surface area contributed by atoms with Gasteiger partial charge in [-0.05, 0) is 30.3 Å². The Bertz CT molecular complexity index is 852. The topological polar surface area (TPSA) is 64.1 Å². The van der Waals surface area contributed by atoms with Gasteiger partial charge >= 0.3 is 0 Å². The van der Waals surface area contributed by atoms with E-state index in [9.17, 15) is 4.79 Å². The summed E-state index contributed by atoms with van der Waals surface area (Å²) in [7, 11) is 1.50. The van der Waals surface area contributed by atoms with E-state index >= 15 is 0 Å². The lowest BCUT2D eigenvalue weighted by atomic mass is 10.2. The van der Waals surface area contributed by atoms with Crippen molar-refractivity contribution < 1.29 is 9.53 Å². The number of benzene rings is 1. The summed E-state index contributed by atoms with van der Waals surface area (Å²) in [5, 5.41) is 6.15. The Labute approximate surface area is 148 Å². The predicted molar refractivity (Wildman–Crippen MR) is 94.5 cm³/mol. The smallest absolute Gasteiger partial charge is 0.255 e. The summed E-state index contributed by atoms with van der Waals surface area (Å²) in [5.41, 5.74) is 2.31. The van der Waals surface area contributed by atoms with E-state index in [-0.39, 0.29) is 5.91 Å². The third-order valence-corrected chi connectivity index (χ3v) is 4.42. The summed E-state index contributed by atoms with van der Waals surface area (Å²) in [6.07, 6.45) is 3.45. The van der Waals surface area contributed by atoms with Gasteiger partial charge in [0.05, 0.1) is 24.9 Å². The van der Waals surface area contributed by atoms with Crippen molar-refractivity contribution in [3.05, 3.63) is 63.7 Å². The quantitative estimate of drug-likeness (QED) is 0.752. The van der Waals surface area contributed by atoms with Crippen molar-refractivity contribution in [1.82, 2.24) is 15.3 Å². The summed E-state index contributed by atoms with van der Waals surface area (Å²) in [4.78, 5) is 20.8. The molecule has 3 aromatic rings. The number of amides is 1. The fourth-order valence-electron chi connectivity index (χ4n) is 2.15. The predicted octanol–water partition coefficient (Wildman–Crippen LogP) is 3.80. The number of pyridine rings is 1. The second-order valence-electron chi connectivity index (χ2n) is 4.89. The number of halogens is 1. The average Bonchev–Trinajstić information content (AvgIpc) is 3.09. The Hall–Kier alpha value is -2.44. The van der Waals surface area contributed by atoms with E-state index in [4.69, 9.17) is 16.3 Å². The molecule has 0 aliphatic heterocycles. The Morgan fingerprint density at radius 2 is 2.08 bits per heavy atom. The van der Waals surface area contributed by atoms with Gasteiger partial charge in [-0.3, -0.25) is 9.78 Å². The minimum Gasteiger partial charge on any atom is -0.496 e. The molecule has 0 unspecified atom stereocenters. The van der Waals surface area contributed by atoms with Crippen LogP contribution >= 0.6 is 22.9 Å². The highest BCUT2D eigenvalue weighted by atomic mass is 35.5. The van der Waals surface area contributed by atoms with E-state index < -0.39 is 0 Å². The normalized spacial score (nSPS) is 10.4.